The number of nitrogens with zero attached hydrogens (tertiary/aromatic N) is 3. The SMILES string of the molecule is C=C(O[O-])Oc1ccc(C(=Cc2ccc(N=NN(C)C)cc2)c2ccc(OC(=C)O[O-])cc2)cc1.[Na+].[Na+]. The number of rotatable bonds is 11. The van der Waals surface area contributed by atoms with Gasteiger partial charge in [0.2, 0.25) is 0 Å². The van der Waals surface area contributed by atoms with Gasteiger partial charge in [0.15, 0.2) is 0 Å². The molecule has 0 unspecified atom stereocenters. The molecule has 3 aromatic carbocycles. The van der Waals surface area contributed by atoms with Gasteiger partial charge in [-0.1, -0.05) is 41.6 Å². The van der Waals surface area contributed by atoms with E-state index in [2.05, 4.69) is 33.3 Å². The average Bonchev–Trinajstić information content (AvgIpc) is 2.87. The molecule has 37 heavy (non-hydrogen) atoms. The first kappa shape index (κ1) is 32.4. The van der Waals surface area contributed by atoms with Crippen molar-refractivity contribution in [3.63, 3.8) is 0 Å². The standard InChI is InChI=1S/C26H25N3O6.2Na/c1-18(34-30)32-24-13-7-21(8-14-24)26(22-9-15-25(16-10-22)33-19(2)35-31)17-20-5-11-23(12-6-20)27-28-29(3)4;;/h5-17,30-31H,1-2H2,3-4H3;;/q;2*+1/p-2. The third-order valence-corrected chi connectivity index (χ3v) is 4.52. The van der Waals surface area contributed by atoms with Crippen molar-refractivity contribution in [2.24, 2.45) is 10.3 Å². The predicted octanol–water partition coefficient (Wildman–Crippen LogP) is -1.87. The van der Waals surface area contributed by atoms with Crippen LogP contribution in [0.25, 0.3) is 11.6 Å². The summed E-state index contributed by atoms with van der Waals surface area (Å²) >= 11 is 0. The Bertz CT molecular complexity index is 1150. The van der Waals surface area contributed by atoms with Gasteiger partial charge < -0.3 is 29.8 Å². The van der Waals surface area contributed by atoms with E-state index in [1.165, 1.54) is 0 Å². The molecule has 0 bridgehead atoms. The van der Waals surface area contributed by atoms with E-state index in [1.54, 1.807) is 43.4 Å². The molecule has 0 saturated heterocycles. The predicted molar refractivity (Wildman–Crippen MR) is 126 cm³/mol. The van der Waals surface area contributed by atoms with E-state index in [4.69, 9.17) is 9.47 Å². The van der Waals surface area contributed by atoms with Gasteiger partial charge in [-0.15, -0.1) is 5.11 Å². The van der Waals surface area contributed by atoms with Crippen molar-refractivity contribution in [1.82, 2.24) is 5.01 Å². The number of benzene rings is 3. The van der Waals surface area contributed by atoms with Gasteiger partial charge in [0.25, 0.3) is 11.9 Å². The van der Waals surface area contributed by atoms with Crippen molar-refractivity contribution in [3.8, 4) is 11.5 Å². The van der Waals surface area contributed by atoms with Crippen LogP contribution in [0.3, 0.4) is 0 Å². The maximum atomic E-state index is 10.4. The molecule has 0 radical (unpaired) electrons. The summed E-state index contributed by atoms with van der Waals surface area (Å²) in [5.74, 6) is 0.118. The smallest absolute Gasteiger partial charge is 0.661 e. The maximum absolute atomic E-state index is 10.4. The Morgan fingerprint density at radius 3 is 1.54 bits per heavy atom. The zero-order valence-electron chi connectivity index (χ0n) is 21.2. The van der Waals surface area contributed by atoms with Crippen LogP contribution in [0.1, 0.15) is 16.7 Å². The molecule has 0 saturated carbocycles. The summed E-state index contributed by atoms with van der Waals surface area (Å²) in [4.78, 5) is 7.45. The zero-order chi connectivity index (χ0) is 25.2. The summed E-state index contributed by atoms with van der Waals surface area (Å²) in [5.41, 5.74) is 4.31. The molecule has 3 aromatic rings. The van der Waals surface area contributed by atoms with Crippen molar-refractivity contribution in [3.05, 3.63) is 115 Å². The van der Waals surface area contributed by atoms with Crippen molar-refractivity contribution in [1.29, 1.82) is 0 Å². The Hall–Kier alpha value is -2.60. The molecule has 0 aliphatic rings. The van der Waals surface area contributed by atoms with Crippen LogP contribution in [0.5, 0.6) is 11.5 Å². The zero-order valence-corrected chi connectivity index (χ0v) is 25.2. The minimum Gasteiger partial charge on any atom is -0.661 e. The second-order valence-electron chi connectivity index (χ2n) is 7.35. The first-order valence-electron chi connectivity index (χ1n) is 10.3. The first-order chi connectivity index (χ1) is 16.9. The average molecular weight is 519 g/mol. The van der Waals surface area contributed by atoms with E-state index >= 15 is 0 Å². The Morgan fingerprint density at radius 1 is 0.730 bits per heavy atom. The molecule has 9 nitrogen and oxygen atoms in total. The van der Waals surface area contributed by atoms with E-state index in [0.717, 1.165) is 28.0 Å². The van der Waals surface area contributed by atoms with Gasteiger partial charge in [-0.05, 0) is 77.9 Å². The van der Waals surface area contributed by atoms with E-state index in [1.807, 2.05) is 54.6 Å². The van der Waals surface area contributed by atoms with Gasteiger partial charge in [0.05, 0.1) is 5.69 Å². The second-order valence-corrected chi connectivity index (χ2v) is 7.35. The normalized spacial score (nSPS) is 9.84. The molecule has 0 N–H and O–H groups in total. The minimum atomic E-state index is -0.348. The van der Waals surface area contributed by atoms with Gasteiger partial charge in [-0.3, -0.25) is 5.01 Å². The van der Waals surface area contributed by atoms with Crippen LogP contribution in [0.15, 0.2) is 108 Å². The summed E-state index contributed by atoms with van der Waals surface area (Å²) in [6, 6.07) is 21.8. The maximum Gasteiger partial charge on any atom is 1.00 e. The van der Waals surface area contributed by atoms with Crippen LogP contribution in [0.4, 0.5) is 5.69 Å². The van der Waals surface area contributed by atoms with Gasteiger partial charge in [0, 0.05) is 14.1 Å². The van der Waals surface area contributed by atoms with E-state index in [-0.39, 0.29) is 71.0 Å². The fraction of sp³-hybridized carbons (Fsp3) is 0.0769. The number of hydrogen-bond donors (Lipinski definition) is 0. The fourth-order valence-electron chi connectivity index (χ4n) is 2.98. The minimum absolute atomic E-state index is 0. The molecule has 180 valence electrons. The molecule has 3 rings (SSSR count). The molecule has 0 spiro atoms. The van der Waals surface area contributed by atoms with Gasteiger partial charge in [-0.2, -0.15) is 0 Å². The summed E-state index contributed by atoms with van der Waals surface area (Å²) in [6.45, 7) is 6.72. The van der Waals surface area contributed by atoms with Gasteiger partial charge >= 0.3 is 59.1 Å². The molecule has 0 atom stereocenters. The Balaban J connectivity index is 0.00000342. The summed E-state index contributed by atoms with van der Waals surface area (Å²) in [5, 5.41) is 30.6. The number of ether oxygens (including phenoxy) is 2. The molecule has 0 aliphatic heterocycles. The molecule has 11 heteroatoms. The monoisotopic (exact) mass is 519 g/mol. The van der Waals surface area contributed by atoms with Crippen LogP contribution in [0, 0.1) is 0 Å². The van der Waals surface area contributed by atoms with Crippen molar-refractivity contribution >= 4 is 17.3 Å². The van der Waals surface area contributed by atoms with E-state index < -0.39 is 0 Å². The molecular formula is C26H23N3Na2O6. The topological polar surface area (TPSA) is 111 Å². The fourth-order valence-corrected chi connectivity index (χ4v) is 2.98. The Labute approximate surface area is 259 Å². The van der Waals surface area contributed by atoms with Crippen LogP contribution in [-0.2, 0) is 9.78 Å². The molecule has 0 aliphatic carbocycles. The summed E-state index contributed by atoms with van der Waals surface area (Å²) < 4.78 is 10.4. The van der Waals surface area contributed by atoms with Crippen molar-refractivity contribution in [2.45, 2.75) is 0 Å². The molecular weight excluding hydrogens is 496 g/mol. The summed E-state index contributed by atoms with van der Waals surface area (Å²) in [7, 11) is 3.60. The van der Waals surface area contributed by atoms with Crippen LogP contribution >= 0.6 is 0 Å². The molecule has 0 amide bonds. The third kappa shape index (κ3) is 10.4. The Morgan fingerprint density at radius 2 is 1.16 bits per heavy atom. The third-order valence-electron chi connectivity index (χ3n) is 4.52. The van der Waals surface area contributed by atoms with Gasteiger partial charge in [-0.25, -0.2) is 0 Å². The second kappa shape index (κ2) is 16.3. The van der Waals surface area contributed by atoms with E-state index in [9.17, 15) is 10.5 Å². The van der Waals surface area contributed by atoms with Crippen LogP contribution in [-0.4, -0.2) is 19.1 Å². The first-order valence-corrected chi connectivity index (χ1v) is 10.3. The largest absolute Gasteiger partial charge is 1.00 e. The van der Waals surface area contributed by atoms with Crippen molar-refractivity contribution in [2.75, 3.05) is 14.1 Å². The van der Waals surface area contributed by atoms with Crippen LogP contribution < -0.4 is 79.1 Å². The molecule has 0 fully saturated rings. The summed E-state index contributed by atoms with van der Waals surface area (Å²) in [6.07, 6.45) is 2.01. The quantitative estimate of drug-likeness (QED) is 0.0729. The van der Waals surface area contributed by atoms with Gasteiger partial charge in [0.1, 0.15) is 11.5 Å². The van der Waals surface area contributed by atoms with E-state index in [0.29, 0.717) is 11.5 Å². The molecule has 0 heterocycles. The molecule has 0 aromatic heterocycles. The van der Waals surface area contributed by atoms with Crippen molar-refractivity contribution < 1.29 is 88.9 Å². The van der Waals surface area contributed by atoms with Crippen LogP contribution in [0.2, 0.25) is 0 Å². The number of hydrogen-bond acceptors (Lipinski definition) is 8. The Kier molecular flexibility index (Phi) is 14.3.